The lowest BCUT2D eigenvalue weighted by Crippen LogP contribution is -2.47. The molecule has 4 N–H and O–H groups in total. The van der Waals surface area contributed by atoms with E-state index in [1.54, 1.807) is 12.1 Å². The summed E-state index contributed by atoms with van der Waals surface area (Å²) in [6.45, 7) is 1.17. The van der Waals surface area contributed by atoms with Crippen LogP contribution in [0.4, 0.5) is 5.69 Å². The number of amides is 1. The normalized spacial score (nSPS) is 16.5. The van der Waals surface area contributed by atoms with Crippen LogP contribution in [-0.2, 0) is 21.3 Å². The van der Waals surface area contributed by atoms with Crippen molar-refractivity contribution in [2.75, 3.05) is 31.6 Å². The molecule has 0 bridgehead atoms. The first-order valence-electron chi connectivity index (χ1n) is 12.0. The third-order valence-corrected chi connectivity index (χ3v) is 8.19. The van der Waals surface area contributed by atoms with Crippen molar-refractivity contribution in [1.29, 1.82) is 0 Å². The van der Waals surface area contributed by atoms with Crippen LogP contribution in [0.15, 0.2) is 83.8 Å². The number of aromatic amines is 1. The summed E-state index contributed by atoms with van der Waals surface area (Å²) in [6, 6.07) is 24.3. The summed E-state index contributed by atoms with van der Waals surface area (Å²) < 4.78 is 40.6. The van der Waals surface area contributed by atoms with E-state index in [4.69, 9.17) is 15.2 Å². The summed E-state index contributed by atoms with van der Waals surface area (Å²) in [7, 11) is -4.08. The monoisotopic (exact) mass is 520 g/mol. The number of nitrogens with one attached hydrogen (secondary N) is 2. The Morgan fingerprint density at radius 1 is 1.05 bits per heavy atom. The van der Waals surface area contributed by atoms with Gasteiger partial charge in [0.05, 0.1) is 17.8 Å². The van der Waals surface area contributed by atoms with Crippen molar-refractivity contribution in [3.8, 4) is 5.75 Å². The number of nitrogens with zero attached hydrogens (tertiary/aromatic N) is 1. The van der Waals surface area contributed by atoms with Crippen molar-refractivity contribution >= 4 is 32.5 Å². The first-order valence-corrected chi connectivity index (χ1v) is 13.4. The van der Waals surface area contributed by atoms with E-state index in [9.17, 15) is 13.2 Å². The van der Waals surface area contributed by atoms with E-state index in [1.165, 1.54) is 4.31 Å². The quantitative estimate of drug-likeness (QED) is 0.311. The van der Waals surface area contributed by atoms with Gasteiger partial charge >= 0.3 is 0 Å². The van der Waals surface area contributed by atoms with E-state index in [1.807, 2.05) is 66.7 Å². The third-order valence-electron chi connectivity index (χ3n) is 6.24. The van der Waals surface area contributed by atoms with Crippen LogP contribution in [0.25, 0.3) is 10.9 Å². The molecule has 0 spiro atoms. The van der Waals surface area contributed by atoms with Gasteiger partial charge in [0.25, 0.3) is 5.91 Å². The van der Waals surface area contributed by atoms with E-state index >= 15 is 0 Å². The number of hydrogen-bond acceptors (Lipinski definition) is 6. The van der Waals surface area contributed by atoms with Gasteiger partial charge in [-0.2, -0.15) is 4.31 Å². The van der Waals surface area contributed by atoms with E-state index in [0.717, 1.165) is 5.56 Å². The smallest absolute Gasteiger partial charge is 0.266 e. The molecule has 0 radical (unpaired) electrons. The summed E-state index contributed by atoms with van der Waals surface area (Å²) in [4.78, 5) is 15.2. The van der Waals surface area contributed by atoms with Crippen LogP contribution < -0.4 is 15.8 Å². The standard InChI is InChI=1S/C27H28N4O5S/c28-27(32)25-26(22-12-7-13-23(24(22)30-25)29-16-19-8-3-1-4-9-19)37(33,34)31-14-15-35-21(17-31)18-36-20-10-5-2-6-11-20/h1-13,21,29-30H,14-18H2,(H2,28,32). The summed E-state index contributed by atoms with van der Waals surface area (Å²) in [6.07, 6.45) is -0.464. The zero-order chi connectivity index (χ0) is 25.8. The van der Waals surface area contributed by atoms with Gasteiger partial charge < -0.3 is 25.5 Å². The lowest BCUT2D eigenvalue weighted by atomic mass is 10.2. The van der Waals surface area contributed by atoms with Gasteiger partial charge in [0.2, 0.25) is 10.0 Å². The number of carbonyl (C=O) groups excluding carboxylic acids is 1. The molecule has 192 valence electrons. The van der Waals surface area contributed by atoms with Gasteiger partial charge in [-0.25, -0.2) is 8.42 Å². The highest BCUT2D eigenvalue weighted by atomic mass is 32.2. The average Bonchev–Trinajstić information content (AvgIpc) is 3.34. The van der Waals surface area contributed by atoms with E-state index < -0.39 is 22.0 Å². The fraction of sp³-hybridized carbons (Fsp3) is 0.222. The van der Waals surface area contributed by atoms with Crippen molar-refractivity contribution in [3.63, 3.8) is 0 Å². The first kappa shape index (κ1) is 24.8. The highest BCUT2D eigenvalue weighted by molar-refractivity contribution is 7.89. The molecule has 1 aromatic heterocycles. The molecule has 37 heavy (non-hydrogen) atoms. The Morgan fingerprint density at radius 3 is 2.51 bits per heavy atom. The second kappa shape index (κ2) is 10.6. The molecule has 1 fully saturated rings. The number of morpholine rings is 1. The third kappa shape index (κ3) is 5.31. The van der Waals surface area contributed by atoms with Gasteiger partial charge in [-0.05, 0) is 23.8 Å². The van der Waals surface area contributed by atoms with Crippen molar-refractivity contribution in [2.45, 2.75) is 17.5 Å². The lowest BCUT2D eigenvalue weighted by molar-refractivity contribution is -0.0249. The van der Waals surface area contributed by atoms with Crippen LogP contribution in [0.3, 0.4) is 0 Å². The number of para-hydroxylation sites is 2. The maximum absolute atomic E-state index is 13.9. The van der Waals surface area contributed by atoms with Crippen molar-refractivity contribution in [3.05, 3.63) is 90.1 Å². The molecule has 4 aromatic rings. The largest absolute Gasteiger partial charge is 0.491 e. The summed E-state index contributed by atoms with van der Waals surface area (Å²) in [5.74, 6) is -0.171. The van der Waals surface area contributed by atoms with Crippen LogP contribution in [0, 0.1) is 0 Å². The fourth-order valence-electron chi connectivity index (χ4n) is 4.42. The molecule has 2 heterocycles. The molecular weight excluding hydrogens is 492 g/mol. The Morgan fingerprint density at radius 2 is 1.78 bits per heavy atom. The Kier molecular flexibility index (Phi) is 7.13. The number of fused-ring (bicyclic) bond motifs is 1. The number of H-pyrrole nitrogens is 1. The number of nitrogens with two attached hydrogens (primary N) is 1. The molecule has 1 amide bonds. The Labute approximate surface area is 215 Å². The zero-order valence-electron chi connectivity index (χ0n) is 20.1. The fourth-order valence-corrected chi connectivity index (χ4v) is 6.21. The van der Waals surface area contributed by atoms with Gasteiger partial charge in [-0.1, -0.05) is 60.7 Å². The predicted molar refractivity (Wildman–Crippen MR) is 141 cm³/mol. The SMILES string of the molecule is NC(=O)c1[nH]c2c(NCc3ccccc3)cccc2c1S(=O)(=O)N1CCOC(COc2ccccc2)C1. The minimum Gasteiger partial charge on any atom is -0.491 e. The Bertz CT molecular complexity index is 1490. The van der Waals surface area contributed by atoms with Crippen molar-refractivity contribution < 1.29 is 22.7 Å². The second-order valence-electron chi connectivity index (χ2n) is 8.74. The number of sulfonamides is 1. The summed E-state index contributed by atoms with van der Waals surface area (Å²) in [5, 5.41) is 3.72. The molecule has 1 aliphatic heterocycles. The minimum atomic E-state index is -4.08. The maximum Gasteiger partial charge on any atom is 0.266 e. The number of benzene rings is 3. The Balaban J connectivity index is 1.42. The van der Waals surface area contributed by atoms with Crippen LogP contribution in [0.2, 0.25) is 0 Å². The number of anilines is 1. The van der Waals surface area contributed by atoms with Gasteiger partial charge in [0, 0.05) is 25.0 Å². The van der Waals surface area contributed by atoms with Crippen molar-refractivity contribution in [2.24, 2.45) is 5.73 Å². The van der Waals surface area contributed by atoms with Crippen LogP contribution in [0.1, 0.15) is 16.1 Å². The van der Waals surface area contributed by atoms with Gasteiger partial charge in [0.1, 0.15) is 29.0 Å². The number of hydrogen-bond donors (Lipinski definition) is 3. The predicted octanol–water partition coefficient (Wildman–Crippen LogP) is 3.35. The molecule has 1 saturated heterocycles. The molecule has 3 aromatic carbocycles. The number of carbonyl (C=O) groups is 1. The van der Waals surface area contributed by atoms with E-state index in [-0.39, 0.29) is 36.9 Å². The highest BCUT2D eigenvalue weighted by Crippen LogP contribution is 2.34. The van der Waals surface area contributed by atoms with Gasteiger partial charge in [0.15, 0.2) is 0 Å². The highest BCUT2D eigenvalue weighted by Gasteiger charge is 2.36. The molecule has 1 unspecified atom stereocenters. The minimum absolute atomic E-state index is 0.0893. The molecule has 0 aliphatic carbocycles. The summed E-state index contributed by atoms with van der Waals surface area (Å²) in [5.41, 5.74) is 7.73. The van der Waals surface area contributed by atoms with Gasteiger partial charge in [-0.15, -0.1) is 0 Å². The van der Waals surface area contributed by atoms with Crippen molar-refractivity contribution in [1.82, 2.24) is 9.29 Å². The zero-order valence-corrected chi connectivity index (χ0v) is 20.9. The average molecular weight is 521 g/mol. The molecule has 10 heteroatoms. The molecule has 5 rings (SSSR count). The first-order chi connectivity index (χ1) is 17.9. The Hall–Kier alpha value is -3.86. The van der Waals surface area contributed by atoms with Crippen LogP contribution >= 0.6 is 0 Å². The molecule has 9 nitrogen and oxygen atoms in total. The van der Waals surface area contributed by atoms with Crippen LogP contribution in [0.5, 0.6) is 5.75 Å². The second-order valence-corrected chi connectivity index (χ2v) is 10.6. The number of aromatic nitrogens is 1. The molecule has 1 aliphatic rings. The van der Waals surface area contributed by atoms with E-state index in [2.05, 4.69) is 10.3 Å². The topological polar surface area (TPSA) is 127 Å². The number of primary amides is 1. The van der Waals surface area contributed by atoms with E-state index in [0.29, 0.717) is 28.9 Å². The lowest BCUT2D eigenvalue weighted by Gasteiger charge is -2.32. The number of ether oxygens (including phenoxy) is 2. The van der Waals surface area contributed by atoms with Crippen LogP contribution in [-0.4, -0.2) is 56.0 Å². The number of rotatable bonds is 9. The summed E-state index contributed by atoms with van der Waals surface area (Å²) >= 11 is 0. The van der Waals surface area contributed by atoms with Gasteiger partial charge in [-0.3, -0.25) is 4.79 Å². The maximum atomic E-state index is 13.9. The molecule has 1 atom stereocenters. The molecular formula is C27H28N4O5S. The molecule has 0 saturated carbocycles.